The first-order valence-electron chi connectivity index (χ1n) is 9.41. The second kappa shape index (κ2) is 14.5. The van der Waals surface area contributed by atoms with Crippen molar-refractivity contribution in [2.45, 2.75) is 91.3 Å². The van der Waals surface area contributed by atoms with E-state index in [1.54, 1.807) is 7.11 Å². The number of hydrogen-bond donors (Lipinski definition) is 0. The van der Waals surface area contributed by atoms with Gasteiger partial charge in [-0.15, -0.1) is 0 Å². The highest BCUT2D eigenvalue weighted by Crippen LogP contribution is 2.32. The Kier molecular flexibility index (Phi) is 14.4. The summed E-state index contributed by atoms with van der Waals surface area (Å²) in [5.74, 6) is 0.00873. The SMILES string of the molecule is CCCCCCCCC(CCCOC)C(C)(OCC)OCC. The minimum atomic E-state index is -0.444. The Morgan fingerprint density at radius 2 is 1.32 bits per heavy atom. The summed E-state index contributed by atoms with van der Waals surface area (Å²) < 4.78 is 17.2. The molecular weight excluding hydrogens is 276 g/mol. The molecule has 0 N–H and O–H groups in total. The van der Waals surface area contributed by atoms with Gasteiger partial charge in [-0.1, -0.05) is 45.4 Å². The Balaban J connectivity index is 4.37. The summed E-state index contributed by atoms with van der Waals surface area (Å²) in [7, 11) is 1.77. The topological polar surface area (TPSA) is 27.7 Å². The van der Waals surface area contributed by atoms with Crippen LogP contribution in [0.1, 0.15) is 85.5 Å². The van der Waals surface area contributed by atoms with Gasteiger partial charge in [-0.3, -0.25) is 0 Å². The Bertz CT molecular complexity index is 225. The first-order valence-corrected chi connectivity index (χ1v) is 9.41. The van der Waals surface area contributed by atoms with E-state index in [9.17, 15) is 0 Å². The summed E-state index contributed by atoms with van der Waals surface area (Å²) in [4.78, 5) is 0. The fourth-order valence-electron chi connectivity index (χ4n) is 3.16. The number of ether oxygens (including phenoxy) is 3. The van der Waals surface area contributed by atoms with Gasteiger partial charge in [-0.25, -0.2) is 0 Å². The Morgan fingerprint density at radius 1 is 0.773 bits per heavy atom. The van der Waals surface area contributed by atoms with E-state index in [1.165, 1.54) is 44.9 Å². The van der Waals surface area contributed by atoms with Crippen molar-refractivity contribution in [1.82, 2.24) is 0 Å². The fourth-order valence-corrected chi connectivity index (χ4v) is 3.16. The summed E-state index contributed by atoms with van der Waals surface area (Å²) in [6.07, 6.45) is 11.4. The average Bonchev–Trinajstić information content (AvgIpc) is 2.49. The molecule has 0 aromatic rings. The minimum absolute atomic E-state index is 0.444. The summed E-state index contributed by atoms with van der Waals surface area (Å²) in [6.45, 7) is 10.7. The van der Waals surface area contributed by atoms with E-state index in [4.69, 9.17) is 14.2 Å². The average molecular weight is 317 g/mol. The molecule has 0 amide bonds. The lowest BCUT2D eigenvalue weighted by Crippen LogP contribution is -2.41. The maximum atomic E-state index is 6.00. The third-order valence-corrected chi connectivity index (χ3v) is 4.41. The highest BCUT2D eigenvalue weighted by molar-refractivity contribution is 4.76. The van der Waals surface area contributed by atoms with Crippen molar-refractivity contribution in [3.05, 3.63) is 0 Å². The quantitative estimate of drug-likeness (QED) is 0.275. The van der Waals surface area contributed by atoms with Crippen LogP contribution in [0.25, 0.3) is 0 Å². The summed E-state index contributed by atoms with van der Waals surface area (Å²) in [6, 6.07) is 0. The molecule has 3 nitrogen and oxygen atoms in total. The molecule has 0 saturated heterocycles. The molecule has 0 aromatic heterocycles. The van der Waals surface area contributed by atoms with Crippen molar-refractivity contribution >= 4 is 0 Å². The van der Waals surface area contributed by atoms with Gasteiger partial charge >= 0.3 is 0 Å². The Morgan fingerprint density at radius 3 is 1.86 bits per heavy atom. The molecule has 0 fully saturated rings. The van der Waals surface area contributed by atoms with Crippen LogP contribution in [-0.4, -0.2) is 32.7 Å². The van der Waals surface area contributed by atoms with Crippen molar-refractivity contribution in [3.63, 3.8) is 0 Å². The first kappa shape index (κ1) is 21.9. The van der Waals surface area contributed by atoms with Crippen molar-refractivity contribution < 1.29 is 14.2 Å². The zero-order valence-corrected chi connectivity index (χ0v) is 15.8. The minimum Gasteiger partial charge on any atom is -0.385 e. The molecule has 22 heavy (non-hydrogen) atoms. The van der Waals surface area contributed by atoms with Gasteiger partial charge in [-0.2, -0.15) is 0 Å². The van der Waals surface area contributed by atoms with Crippen LogP contribution in [0.15, 0.2) is 0 Å². The standard InChI is InChI=1S/C19H40O3/c1-6-9-10-11-12-13-15-18(16-14-17-20-5)19(4,21-7-2)22-8-3/h18H,6-17H2,1-5H3. The maximum Gasteiger partial charge on any atom is 0.168 e. The molecule has 0 rings (SSSR count). The lowest BCUT2D eigenvalue weighted by atomic mass is 9.88. The third-order valence-electron chi connectivity index (χ3n) is 4.41. The van der Waals surface area contributed by atoms with E-state index < -0.39 is 5.79 Å². The molecule has 134 valence electrons. The Hall–Kier alpha value is -0.120. The summed E-state index contributed by atoms with van der Waals surface area (Å²) >= 11 is 0. The van der Waals surface area contributed by atoms with E-state index in [0.717, 1.165) is 19.4 Å². The predicted octanol–water partition coefficient (Wildman–Crippen LogP) is 5.57. The molecule has 0 radical (unpaired) electrons. The van der Waals surface area contributed by atoms with Gasteiger partial charge in [0.15, 0.2) is 5.79 Å². The zero-order valence-electron chi connectivity index (χ0n) is 15.8. The molecular formula is C19H40O3. The molecule has 0 aromatic carbocycles. The van der Waals surface area contributed by atoms with Crippen molar-refractivity contribution in [2.75, 3.05) is 26.9 Å². The van der Waals surface area contributed by atoms with Crippen LogP contribution in [0, 0.1) is 5.92 Å². The molecule has 0 aliphatic carbocycles. The highest BCUT2D eigenvalue weighted by atomic mass is 16.7. The Labute approximate surface area is 139 Å². The number of rotatable bonds is 16. The van der Waals surface area contributed by atoms with Gasteiger partial charge in [-0.05, 0) is 40.0 Å². The number of methoxy groups -OCH3 is 1. The second-order valence-electron chi connectivity index (χ2n) is 6.27. The molecule has 1 unspecified atom stereocenters. The van der Waals surface area contributed by atoms with E-state index >= 15 is 0 Å². The molecule has 0 heterocycles. The van der Waals surface area contributed by atoms with Gasteiger partial charge in [0.05, 0.1) is 0 Å². The number of unbranched alkanes of at least 4 members (excludes halogenated alkanes) is 5. The van der Waals surface area contributed by atoms with Crippen molar-refractivity contribution in [1.29, 1.82) is 0 Å². The molecule has 0 spiro atoms. The normalized spacial score (nSPS) is 13.5. The van der Waals surface area contributed by atoms with Crippen LogP contribution in [0.3, 0.4) is 0 Å². The largest absolute Gasteiger partial charge is 0.385 e. The van der Waals surface area contributed by atoms with Crippen molar-refractivity contribution in [3.8, 4) is 0 Å². The second-order valence-corrected chi connectivity index (χ2v) is 6.27. The first-order chi connectivity index (χ1) is 10.6. The predicted molar refractivity (Wildman–Crippen MR) is 94.3 cm³/mol. The molecule has 3 heteroatoms. The summed E-state index contributed by atoms with van der Waals surface area (Å²) in [5.41, 5.74) is 0. The van der Waals surface area contributed by atoms with Gasteiger partial charge in [0.25, 0.3) is 0 Å². The van der Waals surface area contributed by atoms with E-state index in [1.807, 2.05) is 13.8 Å². The van der Waals surface area contributed by atoms with E-state index in [0.29, 0.717) is 19.1 Å². The third kappa shape index (κ3) is 9.81. The molecule has 0 saturated carbocycles. The lowest BCUT2D eigenvalue weighted by Gasteiger charge is -2.37. The molecule has 0 aliphatic heterocycles. The van der Waals surface area contributed by atoms with Crippen LogP contribution in [-0.2, 0) is 14.2 Å². The molecule has 0 aliphatic rings. The fraction of sp³-hybridized carbons (Fsp3) is 1.00. The van der Waals surface area contributed by atoms with E-state index in [2.05, 4.69) is 13.8 Å². The van der Waals surface area contributed by atoms with Gasteiger partial charge in [0.2, 0.25) is 0 Å². The van der Waals surface area contributed by atoms with Crippen molar-refractivity contribution in [2.24, 2.45) is 5.92 Å². The summed E-state index contributed by atoms with van der Waals surface area (Å²) in [5, 5.41) is 0. The smallest absolute Gasteiger partial charge is 0.168 e. The lowest BCUT2D eigenvalue weighted by molar-refractivity contribution is -0.254. The van der Waals surface area contributed by atoms with E-state index in [-0.39, 0.29) is 0 Å². The highest BCUT2D eigenvalue weighted by Gasteiger charge is 2.34. The van der Waals surface area contributed by atoms with Gasteiger partial charge < -0.3 is 14.2 Å². The van der Waals surface area contributed by atoms with Crippen LogP contribution in [0.5, 0.6) is 0 Å². The van der Waals surface area contributed by atoms with Gasteiger partial charge in [0, 0.05) is 32.8 Å². The zero-order chi connectivity index (χ0) is 16.7. The molecule has 1 atom stereocenters. The van der Waals surface area contributed by atoms with Crippen LogP contribution < -0.4 is 0 Å². The van der Waals surface area contributed by atoms with Gasteiger partial charge in [0.1, 0.15) is 0 Å². The molecule has 0 bridgehead atoms. The number of hydrogen-bond acceptors (Lipinski definition) is 3. The monoisotopic (exact) mass is 316 g/mol. The van der Waals surface area contributed by atoms with Crippen LogP contribution >= 0.6 is 0 Å². The van der Waals surface area contributed by atoms with Crippen LogP contribution in [0.4, 0.5) is 0 Å². The maximum absolute atomic E-state index is 6.00. The van der Waals surface area contributed by atoms with Crippen LogP contribution in [0.2, 0.25) is 0 Å².